The van der Waals surface area contributed by atoms with Gasteiger partial charge in [-0.2, -0.15) is 61.5 Å². The largest absolute Gasteiger partial charge is 0.460 e. The standard InChI is InChI=1S/C12H8F14O5/c13-7(14,9(17,18)11(21,22)23)5(27)30-3-1-29-2-4-31-6(28)8(15,16)10(19,20)12(24,25)26/h1-4H2. The molecule has 0 aromatic heterocycles. The molecule has 0 bridgehead atoms. The predicted octanol–water partition coefficient (Wildman–Crippen LogP) is 3.76. The first kappa shape index (κ1) is 28.9. The van der Waals surface area contributed by atoms with E-state index >= 15 is 0 Å². The maximum atomic E-state index is 12.8. The molecule has 0 aliphatic carbocycles. The Labute approximate surface area is 161 Å². The van der Waals surface area contributed by atoms with Gasteiger partial charge in [0.05, 0.1) is 13.2 Å². The van der Waals surface area contributed by atoms with Crippen LogP contribution in [0.2, 0.25) is 0 Å². The summed E-state index contributed by atoms with van der Waals surface area (Å²) in [6.45, 7) is -5.05. The van der Waals surface area contributed by atoms with Gasteiger partial charge in [0, 0.05) is 0 Å². The van der Waals surface area contributed by atoms with Crippen molar-refractivity contribution in [3.05, 3.63) is 0 Å². The highest BCUT2D eigenvalue weighted by atomic mass is 19.4. The van der Waals surface area contributed by atoms with Gasteiger partial charge in [0.25, 0.3) is 0 Å². The van der Waals surface area contributed by atoms with Crippen molar-refractivity contribution in [3.8, 4) is 0 Å². The van der Waals surface area contributed by atoms with Gasteiger partial charge in [0.1, 0.15) is 13.2 Å². The third kappa shape index (κ3) is 6.00. The Morgan fingerprint density at radius 2 is 0.742 bits per heavy atom. The average Bonchev–Trinajstić information content (AvgIpc) is 2.57. The molecule has 0 heterocycles. The molecule has 0 aromatic rings. The van der Waals surface area contributed by atoms with E-state index < -0.39 is 74.4 Å². The number of ether oxygens (including phenoxy) is 3. The number of halogens is 14. The maximum Gasteiger partial charge on any atom is 0.460 e. The molecule has 0 saturated carbocycles. The topological polar surface area (TPSA) is 61.8 Å². The SMILES string of the molecule is O=C(OCCOCCOC(=O)C(F)(F)C(F)(F)C(F)(F)F)C(F)(F)C(F)(F)C(F)(F)F. The summed E-state index contributed by atoms with van der Waals surface area (Å²) in [5, 5.41) is 0. The van der Waals surface area contributed by atoms with Gasteiger partial charge in [0.15, 0.2) is 0 Å². The highest BCUT2D eigenvalue weighted by Gasteiger charge is 2.78. The van der Waals surface area contributed by atoms with E-state index in [-0.39, 0.29) is 0 Å². The molecule has 0 saturated heterocycles. The number of hydrogen-bond donors (Lipinski definition) is 0. The van der Waals surface area contributed by atoms with Crippen molar-refractivity contribution < 1.29 is 85.3 Å². The molecule has 0 radical (unpaired) electrons. The number of esters is 2. The molecule has 0 aromatic carbocycles. The number of rotatable bonds is 10. The fourth-order valence-corrected chi connectivity index (χ4v) is 1.28. The molecule has 0 aliphatic heterocycles. The van der Waals surface area contributed by atoms with Crippen molar-refractivity contribution >= 4 is 11.9 Å². The van der Waals surface area contributed by atoms with Crippen molar-refractivity contribution in [2.75, 3.05) is 26.4 Å². The smallest absolute Gasteiger partial charge is 0.459 e. The zero-order chi connectivity index (χ0) is 25.1. The summed E-state index contributed by atoms with van der Waals surface area (Å²) in [5.41, 5.74) is 0. The van der Waals surface area contributed by atoms with Crippen LogP contribution < -0.4 is 0 Å². The van der Waals surface area contributed by atoms with E-state index in [0.29, 0.717) is 0 Å². The summed E-state index contributed by atoms with van der Waals surface area (Å²) in [7, 11) is 0. The molecule has 0 aliphatic rings. The lowest BCUT2D eigenvalue weighted by Gasteiger charge is -2.26. The first-order valence-electron chi connectivity index (χ1n) is 7.12. The minimum Gasteiger partial charge on any atom is -0.459 e. The van der Waals surface area contributed by atoms with Gasteiger partial charge in [0.2, 0.25) is 0 Å². The molecule has 0 fully saturated rings. The monoisotopic (exact) mass is 498 g/mol. The van der Waals surface area contributed by atoms with E-state index in [0.717, 1.165) is 0 Å². The Bertz CT molecular complexity index is 585. The van der Waals surface area contributed by atoms with E-state index in [1.54, 1.807) is 0 Å². The molecule has 0 atom stereocenters. The molecule has 19 heteroatoms. The van der Waals surface area contributed by atoms with Crippen LogP contribution in [0.4, 0.5) is 61.5 Å². The molecule has 31 heavy (non-hydrogen) atoms. The predicted molar refractivity (Wildman–Crippen MR) is 64.6 cm³/mol. The van der Waals surface area contributed by atoms with Crippen molar-refractivity contribution in [1.29, 1.82) is 0 Å². The van der Waals surface area contributed by atoms with Gasteiger partial charge >= 0.3 is 48.0 Å². The fraction of sp³-hybridized carbons (Fsp3) is 0.833. The van der Waals surface area contributed by atoms with Crippen LogP contribution in [0.3, 0.4) is 0 Å². The molecule has 0 amide bonds. The van der Waals surface area contributed by atoms with E-state index in [2.05, 4.69) is 14.2 Å². The van der Waals surface area contributed by atoms with Crippen molar-refractivity contribution in [3.63, 3.8) is 0 Å². The molecular formula is C12H8F14O5. The summed E-state index contributed by atoms with van der Waals surface area (Å²) in [6.07, 6.45) is -13.6. The third-order valence-electron chi connectivity index (χ3n) is 2.94. The Kier molecular flexibility index (Phi) is 8.57. The lowest BCUT2D eigenvalue weighted by Crippen LogP contribution is -2.56. The molecule has 0 spiro atoms. The molecular weight excluding hydrogens is 490 g/mol. The van der Waals surface area contributed by atoms with Crippen LogP contribution in [0.1, 0.15) is 0 Å². The van der Waals surface area contributed by atoms with Gasteiger partial charge in [-0.05, 0) is 0 Å². The first-order chi connectivity index (χ1) is 13.5. The highest BCUT2D eigenvalue weighted by molar-refractivity contribution is 5.79. The first-order valence-corrected chi connectivity index (χ1v) is 7.12. The lowest BCUT2D eigenvalue weighted by atomic mass is 10.1. The number of alkyl halides is 14. The van der Waals surface area contributed by atoms with Crippen LogP contribution in [0.15, 0.2) is 0 Å². The summed E-state index contributed by atoms with van der Waals surface area (Å²) >= 11 is 0. The van der Waals surface area contributed by atoms with Crippen molar-refractivity contribution in [2.24, 2.45) is 0 Å². The fourth-order valence-electron chi connectivity index (χ4n) is 1.28. The molecule has 0 rings (SSSR count). The summed E-state index contributed by atoms with van der Waals surface area (Å²) in [5.74, 6) is -32.9. The second-order valence-electron chi connectivity index (χ2n) is 5.18. The van der Waals surface area contributed by atoms with Crippen LogP contribution in [0.5, 0.6) is 0 Å². The van der Waals surface area contributed by atoms with Crippen molar-refractivity contribution in [1.82, 2.24) is 0 Å². The molecule has 5 nitrogen and oxygen atoms in total. The Morgan fingerprint density at radius 1 is 0.484 bits per heavy atom. The Morgan fingerprint density at radius 3 is 0.968 bits per heavy atom. The molecule has 184 valence electrons. The summed E-state index contributed by atoms with van der Waals surface area (Å²) < 4.78 is 184. The van der Waals surface area contributed by atoms with E-state index in [4.69, 9.17) is 0 Å². The van der Waals surface area contributed by atoms with Crippen LogP contribution in [0.25, 0.3) is 0 Å². The van der Waals surface area contributed by atoms with Gasteiger partial charge in [-0.25, -0.2) is 9.59 Å². The Hall–Kier alpha value is -2.08. The average molecular weight is 498 g/mol. The quantitative estimate of drug-likeness (QED) is 0.261. The minimum absolute atomic E-state index is 1.11. The van der Waals surface area contributed by atoms with Gasteiger partial charge in [-0.1, -0.05) is 0 Å². The molecule has 0 unspecified atom stereocenters. The number of carbonyl (C=O) groups is 2. The highest BCUT2D eigenvalue weighted by Crippen LogP contribution is 2.48. The number of carbonyl (C=O) groups excluding carboxylic acids is 2. The lowest BCUT2D eigenvalue weighted by molar-refractivity contribution is -0.348. The van der Waals surface area contributed by atoms with Crippen LogP contribution in [-0.2, 0) is 23.8 Å². The Balaban J connectivity index is 4.47. The van der Waals surface area contributed by atoms with Gasteiger partial charge in [-0.3, -0.25) is 0 Å². The molecule has 0 N–H and O–H groups in total. The van der Waals surface area contributed by atoms with Crippen LogP contribution >= 0.6 is 0 Å². The third-order valence-corrected chi connectivity index (χ3v) is 2.94. The van der Waals surface area contributed by atoms with Crippen molar-refractivity contribution in [2.45, 2.75) is 36.0 Å². The normalized spacial score (nSPS) is 14.4. The van der Waals surface area contributed by atoms with Crippen LogP contribution in [0, 0.1) is 0 Å². The minimum atomic E-state index is -6.82. The van der Waals surface area contributed by atoms with Crippen LogP contribution in [-0.4, -0.2) is 74.4 Å². The van der Waals surface area contributed by atoms with Gasteiger partial charge < -0.3 is 14.2 Å². The summed E-state index contributed by atoms with van der Waals surface area (Å²) in [6, 6.07) is 0. The zero-order valence-corrected chi connectivity index (χ0v) is 14.2. The maximum absolute atomic E-state index is 12.8. The second kappa shape index (κ2) is 9.19. The van der Waals surface area contributed by atoms with E-state index in [1.807, 2.05) is 0 Å². The summed E-state index contributed by atoms with van der Waals surface area (Å²) in [4.78, 5) is 21.4. The second-order valence-corrected chi connectivity index (χ2v) is 5.18. The van der Waals surface area contributed by atoms with E-state index in [9.17, 15) is 71.1 Å². The number of hydrogen-bond acceptors (Lipinski definition) is 5. The zero-order valence-electron chi connectivity index (χ0n) is 14.2. The van der Waals surface area contributed by atoms with E-state index in [1.165, 1.54) is 0 Å². The van der Waals surface area contributed by atoms with Gasteiger partial charge in [-0.15, -0.1) is 0 Å².